The third-order valence-corrected chi connectivity index (χ3v) is 7.29. The van der Waals surface area contributed by atoms with Crippen LogP contribution in [0.3, 0.4) is 0 Å². The van der Waals surface area contributed by atoms with Crippen molar-refractivity contribution in [1.29, 1.82) is 0 Å². The topological polar surface area (TPSA) is 66.4 Å². The molecule has 0 radical (unpaired) electrons. The second kappa shape index (κ2) is 7.84. The van der Waals surface area contributed by atoms with Crippen molar-refractivity contribution in [2.45, 2.75) is 11.0 Å². The summed E-state index contributed by atoms with van der Waals surface area (Å²) in [6.45, 7) is -0.194. The van der Waals surface area contributed by atoms with Gasteiger partial charge in [-0.2, -0.15) is 0 Å². The molecule has 1 atom stereocenters. The normalized spacial score (nSPS) is 13.1. The van der Waals surface area contributed by atoms with Gasteiger partial charge in [0.05, 0.1) is 16.1 Å². The number of sulfonamides is 1. The molecule has 0 spiro atoms. The van der Waals surface area contributed by atoms with E-state index in [4.69, 9.17) is 23.2 Å². The van der Waals surface area contributed by atoms with Gasteiger partial charge in [-0.15, -0.1) is 0 Å². The van der Waals surface area contributed by atoms with Gasteiger partial charge in [-0.25, -0.2) is 13.1 Å². The van der Waals surface area contributed by atoms with Crippen molar-refractivity contribution in [1.82, 2.24) is 4.72 Å². The van der Waals surface area contributed by atoms with Crippen molar-refractivity contribution in [2.24, 2.45) is 0 Å². The minimum absolute atomic E-state index is 0.0757. The Hall–Kier alpha value is -1.15. The summed E-state index contributed by atoms with van der Waals surface area (Å²) in [5.74, 6) is 0. The van der Waals surface area contributed by atoms with Crippen molar-refractivity contribution in [3.8, 4) is 0 Å². The smallest absolute Gasteiger partial charge is 0.242 e. The average molecular weight is 475 g/mol. The molecular weight excluding hydrogens is 461 g/mol. The molecule has 0 aliphatic rings. The summed E-state index contributed by atoms with van der Waals surface area (Å²) in [5.41, 5.74) is 0.644. The maximum Gasteiger partial charge on any atom is 0.242 e. The molecule has 0 amide bonds. The van der Waals surface area contributed by atoms with E-state index in [1.807, 2.05) is 36.4 Å². The van der Waals surface area contributed by atoms with Gasteiger partial charge in [-0.05, 0) is 44.4 Å². The molecule has 3 aromatic rings. The van der Waals surface area contributed by atoms with Crippen LogP contribution in [-0.2, 0) is 10.0 Å². The van der Waals surface area contributed by atoms with Crippen molar-refractivity contribution in [3.05, 3.63) is 74.7 Å². The lowest BCUT2D eigenvalue weighted by Gasteiger charge is -2.16. The first-order valence-corrected chi connectivity index (χ1v) is 10.6. The van der Waals surface area contributed by atoms with Crippen molar-refractivity contribution < 1.29 is 13.5 Å². The third kappa shape index (κ3) is 3.91. The lowest BCUT2D eigenvalue weighted by molar-refractivity contribution is 0.183. The largest absolute Gasteiger partial charge is 0.387 e. The molecule has 136 valence electrons. The van der Waals surface area contributed by atoms with Gasteiger partial charge in [0.15, 0.2) is 0 Å². The molecule has 0 heterocycles. The van der Waals surface area contributed by atoms with Crippen LogP contribution in [0, 0.1) is 0 Å². The zero-order valence-corrected chi connectivity index (χ0v) is 17.2. The molecule has 0 fully saturated rings. The van der Waals surface area contributed by atoms with Crippen LogP contribution < -0.4 is 4.72 Å². The molecule has 2 N–H and O–H groups in total. The Morgan fingerprint density at radius 1 is 1.00 bits per heavy atom. The summed E-state index contributed by atoms with van der Waals surface area (Å²) < 4.78 is 28.0. The monoisotopic (exact) mass is 473 g/mol. The van der Waals surface area contributed by atoms with E-state index >= 15 is 0 Å². The number of benzene rings is 3. The van der Waals surface area contributed by atoms with E-state index in [1.165, 1.54) is 12.1 Å². The summed E-state index contributed by atoms with van der Waals surface area (Å²) >= 11 is 15.2. The molecule has 0 aliphatic heterocycles. The number of nitrogens with one attached hydrogen (secondary N) is 1. The molecule has 3 rings (SSSR count). The lowest BCUT2D eigenvalue weighted by Crippen LogP contribution is -2.29. The predicted octanol–water partition coefficient (Wildman–Crippen LogP) is 4.92. The number of hydrogen-bond donors (Lipinski definition) is 2. The van der Waals surface area contributed by atoms with Gasteiger partial charge in [-0.1, -0.05) is 65.7 Å². The van der Waals surface area contributed by atoms with Crippen molar-refractivity contribution >= 4 is 59.9 Å². The molecule has 4 nitrogen and oxygen atoms in total. The van der Waals surface area contributed by atoms with Crippen LogP contribution in [0.4, 0.5) is 0 Å². The Balaban J connectivity index is 1.85. The van der Waals surface area contributed by atoms with E-state index in [1.54, 1.807) is 6.07 Å². The Morgan fingerprint density at radius 2 is 1.69 bits per heavy atom. The van der Waals surface area contributed by atoms with Crippen LogP contribution >= 0.6 is 39.1 Å². The maximum absolute atomic E-state index is 12.5. The Bertz CT molecular complexity index is 1070. The van der Waals surface area contributed by atoms with Crippen molar-refractivity contribution in [2.75, 3.05) is 6.54 Å². The van der Waals surface area contributed by atoms with Gasteiger partial charge in [0.2, 0.25) is 10.0 Å². The third-order valence-electron chi connectivity index (χ3n) is 3.94. The number of aliphatic hydroxyl groups is 1. The molecule has 0 saturated carbocycles. The van der Waals surface area contributed by atoms with Crippen LogP contribution in [0.5, 0.6) is 0 Å². The van der Waals surface area contributed by atoms with Crippen LogP contribution in [0.15, 0.2) is 64.0 Å². The summed E-state index contributed by atoms with van der Waals surface area (Å²) in [6, 6.07) is 16.0. The quantitative estimate of drug-likeness (QED) is 0.515. The number of halogens is 3. The van der Waals surface area contributed by atoms with E-state index in [-0.39, 0.29) is 21.5 Å². The number of rotatable bonds is 5. The van der Waals surface area contributed by atoms with Gasteiger partial charge in [0, 0.05) is 11.0 Å². The molecule has 26 heavy (non-hydrogen) atoms. The van der Waals surface area contributed by atoms with E-state index in [0.717, 1.165) is 10.8 Å². The number of hydrogen-bond acceptors (Lipinski definition) is 3. The summed E-state index contributed by atoms with van der Waals surface area (Å²) in [7, 11) is -3.93. The van der Waals surface area contributed by atoms with Crippen LogP contribution in [0.2, 0.25) is 10.0 Å². The summed E-state index contributed by atoms with van der Waals surface area (Å²) in [4.78, 5) is -0.141. The number of fused-ring (bicyclic) bond motifs is 1. The fraction of sp³-hybridized carbons (Fsp3) is 0.111. The van der Waals surface area contributed by atoms with E-state index in [2.05, 4.69) is 20.7 Å². The van der Waals surface area contributed by atoms with Gasteiger partial charge in [-0.3, -0.25) is 0 Å². The fourth-order valence-corrected chi connectivity index (χ4v) is 4.89. The zero-order valence-electron chi connectivity index (χ0n) is 13.3. The first-order chi connectivity index (χ1) is 12.3. The Morgan fingerprint density at radius 3 is 2.46 bits per heavy atom. The molecule has 0 saturated heterocycles. The molecular formula is C18H14BrCl2NO3S. The minimum atomic E-state index is -3.93. The van der Waals surface area contributed by atoms with Gasteiger partial charge >= 0.3 is 0 Å². The highest BCUT2D eigenvalue weighted by molar-refractivity contribution is 9.10. The highest BCUT2D eigenvalue weighted by Crippen LogP contribution is 2.35. The lowest BCUT2D eigenvalue weighted by atomic mass is 10.0. The molecule has 0 aromatic heterocycles. The Labute approximate surface area is 169 Å². The van der Waals surface area contributed by atoms with Crippen LogP contribution in [0.25, 0.3) is 10.8 Å². The van der Waals surface area contributed by atoms with Crippen LogP contribution in [0.1, 0.15) is 11.7 Å². The molecule has 3 aromatic carbocycles. The highest BCUT2D eigenvalue weighted by Gasteiger charge is 2.22. The first-order valence-electron chi connectivity index (χ1n) is 7.60. The summed E-state index contributed by atoms with van der Waals surface area (Å²) in [6.07, 6.45) is -1.01. The standard InChI is InChI=1S/C18H14BrCl2NO3S/c19-14-8-9-16(18(21)17(14)20)26(24,25)22-10-15(23)13-7-3-5-11-4-1-2-6-12(11)13/h1-9,15,22-23H,10H2. The maximum atomic E-state index is 12.5. The minimum Gasteiger partial charge on any atom is -0.387 e. The first kappa shape index (κ1) is 19.6. The molecule has 1 unspecified atom stereocenters. The van der Waals surface area contributed by atoms with Crippen LogP contribution in [-0.4, -0.2) is 20.1 Å². The second-order valence-corrected chi connectivity index (χ2v) is 8.96. The van der Waals surface area contributed by atoms with E-state index in [9.17, 15) is 13.5 Å². The van der Waals surface area contributed by atoms with Crippen molar-refractivity contribution in [3.63, 3.8) is 0 Å². The molecule has 8 heteroatoms. The van der Waals surface area contributed by atoms with E-state index in [0.29, 0.717) is 10.0 Å². The van der Waals surface area contributed by atoms with Gasteiger partial charge < -0.3 is 5.11 Å². The molecule has 0 bridgehead atoms. The van der Waals surface area contributed by atoms with Gasteiger partial charge in [0.1, 0.15) is 4.90 Å². The van der Waals surface area contributed by atoms with E-state index < -0.39 is 16.1 Å². The number of aliphatic hydroxyl groups excluding tert-OH is 1. The average Bonchev–Trinajstić information content (AvgIpc) is 2.63. The SMILES string of the molecule is O=S(=O)(NCC(O)c1cccc2ccccc12)c1ccc(Br)c(Cl)c1Cl. The van der Waals surface area contributed by atoms with Gasteiger partial charge in [0.25, 0.3) is 0 Å². The molecule has 0 aliphatic carbocycles. The zero-order chi connectivity index (χ0) is 18.9. The predicted molar refractivity (Wildman–Crippen MR) is 108 cm³/mol. The fourth-order valence-electron chi connectivity index (χ4n) is 2.63. The second-order valence-electron chi connectivity index (χ2n) is 5.61. The highest BCUT2D eigenvalue weighted by atomic mass is 79.9. The Kier molecular flexibility index (Phi) is 5.91. The summed E-state index contributed by atoms with van der Waals surface area (Å²) in [5, 5.41) is 12.4.